The average molecular weight is 415 g/mol. The van der Waals surface area contributed by atoms with Gasteiger partial charge in [0.25, 0.3) is 0 Å². The van der Waals surface area contributed by atoms with Gasteiger partial charge in [-0.15, -0.1) is 0 Å². The Balaban J connectivity index is 1.30. The molecule has 0 spiro atoms. The van der Waals surface area contributed by atoms with Crippen LogP contribution in [0.1, 0.15) is 22.3 Å². The van der Waals surface area contributed by atoms with Gasteiger partial charge in [0.1, 0.15) is 0 Å². The van der Waals surface area contributed by atoms with E-state index in [4.69, 9.17) is 0 Å². The lowest BCUT2D eigenvalue weighted by Crippen LogP contribution is -2.47. The second-order valence-electron chi connectivity index (χ2n) is 7.42. The maximum Gasteiger partial charge on any atom is 0.225 e. The van der Waals surface area contributed by atoms with Crippen molar-refractivity contribution in [3.05, 3.63) is 84.2 Å². The first-order valence-corrected chi connectivity index (χ1v) is 10.4. The van der Waals surface area contributed by atoms with E-state index in [0.717, 1.165) is 32.1 Å². The topological polar surface area (TPSA) is 78.4 Å². The summed E-state index contributed by atoms with van der Waals surface area (Å²) in [5, 5.41) is 2.92. The highest BCUT2D eigenvalue weighted by Gasteiger charge is 2.20. The molecule has 2 aromatic carbocycles. The standard InChI is InChI=1S/C24H25N5O2/c30-22(11-14-28-15-17-29(18-16-28)24-25-12-6-13-26-24)27-21-10-5-4-9-20(21)23(31)19-7-2-1-3-8-19/h1-10,12-13H,11,14-18H2,(H,27,30). The summed E-state index contributed by atoms with van der Waals surface area (Å²) in [5.74, 6) is 0.553. The van der Waals surface area contributed by atoms with E-state index >= 15 is 0 Å². The van der Waals surface area contributed by atoms with Gasteiger partial charge in [-0.25, -0.2) is 9.97 Å². The van der Waals surface area contributed by atoms with Crippen molar-refractivity contribution < 1.29 is 9.59 Å². The molecule has 1 aliphatic heterocycles. The van der Waals surface area contributed by atoms with Gasteiger partial charge in [-0.05, 0) is 18.2 Å². The molecule has 3 aromatic rings. The number of hydrogen-bond donors (Lipinski definition) is 1. The van der Waals surface area contributed by atoms with E-state index in [-0.39, 0.29) is 11.7 Å². The van der Waals surface area contributed by atoms with E-state index in [1.807, 2.05) is 36.4 Å². The lowest BCUT2D eigenvalue weighted by molar-refractivity contribution is -0.116. The SMILES string of the molecule is O=C(CCN1CCN(c2ncccn2)CC1)Nc1ccccc1C(=O)c1ccccc1. The van der Waals surface area contributed by atoms with Gasteiger partial charge in [0.2, 0.25) is 11.9 Å². The highest BCUT2D eigenvalue weighted by atomic mass is 16.1. The van der Waals surface area contributed by atoms with Crippen molar-refractivity contribution in [1.82, 2.24) is 14.9 Å². The summed E-state index contributed by atoms with van der Waals surface area (Å²) in [5.41, 5.74) is 1.65. The lowest BCUT2D eigenvalue weighted by Gasteiger charge is -2.34. The number of aromatic nitrogens is 2. The van der Waals surface area contributed by atoms with Crippen molar-refractivity contribution in [3.63, 3.8) is 0 Å². The van der Waals surface area contributed by atoms with Crippen molar-refractivity contribution in [1.29, 1.82) is 0 Å². The summed E-state index contributed by atoms with van der Waals surface area (Å²) in [6.45, 7) is 4.05. The molecule has 7 nitrogen and oxygen atoms in total. The molecular formula is C24H25N5O2. The van der Waals surface area contributed by atoms with Gasteiger partial charge in [0, 0.05) is 62.7 Å². The van der Waals surface area contributed by atoms with Crippen LogP contribution in [-0.4, -0.2) is 59.3 Å². The van der Waals surface area contributed by atoms with Gasteiger partial charge >= 0.3 is 0 Å². The summed E-state index contributed by atoms with van der Waals surface area (Å²) < 4.78 is 0. The molecular weight excluding hydrogens is 390 g/mol. The number of anilines is 2. The van der Waals surface area contributed by atoms with Gasteiger partial charge in [-0.1, -0.05) is 42.5 Å². The van der Waals surface area contributed by atoms with Gasteiger partial charge in [0.15, 0.2) is 5.78 Å². The number of hydrogen-bond acceptors (Lipinski definition) is 6. The van der Waals surface area contributed by atoms with Crippen molar-refractivity contribution in [2.45, 2.75) is 6.42 Å². The van der Waals surface area contributed by atoms with Gasteiger partial charge in [-0.3, -0.25) is 14.5 Å². The maximum absolute atomic E-state index is 12.8. The minimum atomic E-state index is -0.101. The number of para-hydroxylation sites is 1. The van der Waals surface area contributed by atoms with Crippen LogP contribution in [-0.2, 0) is 4.79 Å². The quantitative estimate of drug-likeness (QED) is 0.598. The van der Waals surface area contributed by atoms with Crippen LogP contribution in [0.15, 0.2) is 73.1 Å². The number of carbonyl (C=O) groups is 2. The van der Waals surface area contributed by atoms with Crippen LogP contribution in [0.5, 0.6) is 0 Å². The van der Waals surface area contributed by atoms with Crippen LogP contribution in [0.25, 0.3) is 0 Å². The molecule has 7 heteroatoms. The molecule has 0 aliphatic carbocycles. The fourth-order valence-corrected chi connectivity index (χ4v) is 3.63. The molecule has 0 saturated carbocycles. The number of carbonyl (C=O) groups excluding carboxylic acids is 2. The second kappa shape index (κ2) is 9.95. The molecule has 0 atom stereocenters. The van der Waals surface area contributed by atoms with Gasteiger partial charge < -0.3 is 10.2 Å². The van der Waals surface area contributed by atoms with Crippen molar-refractivity contribution in [2.75, 3.05) is 42.9 Å². The molecule has 1 aromatic heterocycles. The smallest absolute Gasteiger partial charge is 0.225 e. The summed E-state index contributed by atoms with van der Waals surface area (Å²) in [7, 11) is 0. The molecule has 4 rings (SSSR count). The number of nitrogens with one attached hydrogen (secondary N) is 1. The van der Waals surface area contributed by atoms with E-state index in [9.17, 15) is 9.59 Å². The molecule has 1 amide bonds. The Morgan fingerprint density at radius 3 is 2.26 bits per heavy atom. The Labute approximate surface area is 181 Å². The third-order valence-corrected chi connectivity index (χ3v) is 5.34. The minimum Gasteiger partial charge on any atom is -0.338 e. The van der Waals surface area contributed by atoms with E-state index in [0.29, 0.717) is 29.8 Å². The van der Waals surface area contributed by atoms with E-state index in [2.05, 4.69) is 25.1 Å². The zero-order chi connectivity index (χ0) is 21.5. The van der Waals surface area contributed by atoms with Crippen LogP contribution in [0.4, 0.5) is 11.6 Å². The first-order valence-electron chi connectivity index (χ1n) is 10.4. The Kier molecular flexibility index (Phi) is 6.64. The fraction of sp³-hybridized carbons (Fsp3) is 0.250. The Bertz CT molecular complexity index is 1020. The predicted octanol–water partition coefficient (Wildman–Crippen LogP) is 2.86. The normalized spacial score (nSPS) is 14.3. The van der Waals surface area contributed by atoms with Crippen LogP contribution in [0.3, 0.4) is 0 Å². The first-order chi connectivity index (χ1) is 15.2. The third-order valence-electron chi connectivity index (χ3n) is 5.34. The predicted molar refractivity (Wildman–Crippen MR) is 120 cm³/mol. The van der Waals surface area contributed by atoms with Gasteiger partial charge in [0.05, 0.1) is 5.69 Å². The number of rotatable bonds is 7. The summed E-state index contributed by atoms with van der Waals surface area (Å²) in [4.78, 5) is 38.4. The molecule has 1 fully saturated rings. The average Bonchev–Trinajstić information content (AvgIpc) is 2.84. The highest BCUT2D eigenvalue weighted by Crippen LogP contribution is 2.19. The summed E-state index contributed by atoms with van der Waals surface area (Å²) >= 11 is 0. The number of ketones is 1. The molecule has 1 N–H and O–H groups in total. The second-order valence-corrected chi connectivity index (χ2v) is 7.42. The van der Waals surface area contributed by atoms with Gasteiger partial charge in [-0.2, -0.15) is 0 Å². The van der Waals surface area contributed by atoms with E-state index in [1.54, 1.807) is 36.7 Å². The molecule has 1 saturated heterocycles. The zero-order valence-corrected chi connectivity index (χ0v) is 17.3. The summed E-state index contributed by atoms with van der Waals surface area (Å²) in [6.07, 6.45) is 3.87. The Hall–Kier alpha value is -3.58. The van der Waals surface area contributed by atoms with Crippen molar-refractivity contribution in [2.24, 2.45) is 0 Å². The molecule has 158 valence electrons. The van der Waals surface area contributed by atoms with Crippen LogP contribution >= 0.6 is 0 Å². The highest BCUT2D eigenvalue weighted by molar-refractivity contribution is 6.13. The van der Waals surface area contributed by atoms with Crippen LogP contribution in [0.2, 0.25) is 0 Å². The first kappa shape index (κ1) is 20.7. The minimum absolute atomic E-state index is 0.0952. The lowest BCUT2D eigenvalue weighted by atomic mass is 10.0. The van der Waals surface area contributed by atoms with Crippen molar-refractivity contribution >= 4 is 23.3 Å². The van der Waals surface area contributed by atoms with Crippen LogP contribution < -0.4 is 10.2 Å². The molecule has 0 bridgehead atoms. The maximum atomic E-state index is 12.8. The molecule has 0 unspecified atom stereocenters. The fourth-order valence-electron chi connectivity index (χ4n) is 3.63. The van der Waals surface area contributed by atoms with E-state index < -0.39 is 0 Å². The van der Waals surface area contributed by atoms with E-state index in [1.165, 1.54) is 0 Å². The number of benzene rings is 2. The van der Waals surface area contributed by atoms with Crippen molar-refractivity contribution in [3.8, 4) is 0 Å². The molecule has 0 radical (unpaired) electrons. The molecule has 31 heavy (non-hydrogen) atoms. The molecule has 2 heterocycles. The number of piperazine rings is 1. The van der Waals surface area contributed by atoms with Crippen LogP contribution in [0, 0.1) is 0 Å². The number of amides is 1. The largest absolute Gasteiger partial charge is 0.338 e. The monoisotopic (exact) mass is 415 g/mol. The molecule has 1 aliphatic rings. The Morgan fingerprint density at radius 2 is 1.52 bits per heavy atom. The number of nitrogens with zero attached hydrogens (tertiary/aromatic N) is 4. The zero-order valence-electron chi connectivity index (χ0n) is 17.3. The summed E-state index contributed by atoms with van der Waals surface area (Å²) in [6, 6.07) is 18.0. The third kappa shape index (κ3) is 5.32. The Morgan fingerprint density at radius 1 is 0.839 bits per heavy atom.